The molecular weight excluding hydrogens is 1670 g/mol. The van der Waals surface area contributed by atoms with Gasteiger partial charge in [0.1, 0.15) is 0 Å². The van der Waals surface area contributed by atoms with Crippen LogP contribution in [0, 0.1) is 216 Å². The van der Waals surface area contributed by atoms with E-state index >= 15 is 0 Å². The molecule has 18 aliphatic carbocycles. The quantitative estimate of drug-likeness (QED) is 0.176. The van der Waals surface area contributed by atoms with Crippen LogP contribution in [-0.4, -0.2) is 8.07 Å². The van der Waals surface area contributed by atoms with Gasteiger partial charge in [-0.25, -0.2) is 0 Å². The summed E-state index contributed by atoms with van der Waals surface area (Å²) in [6, 6.07) is 0. The Labute approximate surface area is 720 Å². The number of halogens is 6. The van der Waals surface area contributed by atoms with Crippen molar-refractivity contribution in [3.63, 3.8) is 0 Å². The van der Waals surface area contributed by atoms with Gasteiger partial charge in [0.25, 0.3) is 0 Å². The third-order valence-corrected chi connectivity index (χ3v) is 43.0. The summed E-state index contributed by atoms with van der Waals surface area (Å²) in [6.07, 6.45) is 87.7. The van der Waals surface area contributed by atoms with Gasteiger partial charge in [-0.15, -0.1) is 0 Å². The standard InChI is InChI=1S/C30H52Si.2C30H50.6CH3.6ClH.3Zr/c1-31(2,25-17-23-13-7-11-21-9-3-5-15-27(21)29(23)19-25)26-18-24-14-8-12-22-10-4-6-16-28(22)30(24)20-26;1-30(2,29-17-16-26-24-12-5-4-9-21(24)14-15-27(26)29)23-18-22-11-7-10-20-8-3-6-13-25(20)28(22)19-23;1-3-12-26-21(7-1)10-6-14-27-23(19-20-29(26)27)15-16-25-18-17-24-11-5-9-22-8-2-4-13-28(22)30(24)25;;;;;;;;;;;;;;;/h21-30H,3-20H2,1-2H3;20-29H,3-19H2,1-2H3;21-30H,1-20H2;6*1H3;6*1H;;;/q;;;6*-1;;;;;;;3*+4/p-6. The molecule has 0 nitrogen and oxygen atoms in total. The van der Waals surface area contributed by atoms with Crippen molar-refractivity contribution in [2.45, 2.75) is 391 Å². The molecule has 0 radical (unpaired) electrons. The fourth-order valence-electron chi connectivity index (χ4n) is 33.5. The third kappa shape index (κ3) is 23.0. The van der Waals surface area contributed by atoms with Gasteiger partial charge >= 0.3 is 114 Å². The zero-order valence-electron chi connectivity index (χ0n) is 71.0. The normalized spacial score (nSPS) is 44.1. The molecule has 0 aromatic heterocycles. The van der Waals surface area contributed by atoms with Crippen LogP contribution in [0.3, 0.4) is 0 Å². The summed E-state index contributed by atoms with van der Waals surface area (Å²) in [4.78, 5) is 0. The van der Waals surface area contributed by atoms with Crippen LogP contribution in [0.5, 0.6) is 0 Å². The van der Waals surface area contributed by atoms with Gasteiger partial charge in [0.15, 0.2) is 0 Å². The second kappa shape index (κ2) is 47.7. The fourth-order valence-corrected chi connectivity index (χ4v) is 37.7. The first kappa shape index (κ1) is 97.7. The van der Waals surface area contributed by atoms with Crippen LogP contribution >= 0.6 is 51.1 Å². The SMILES string of the molecule is C1CCC2C(C1)CCCC1C(CCC3CCC4CCCC5CCCCC5C43)CCC21.CC(C)(C1CC2CCCC3CCCCC3C2C1)C1CCC2C3CCCCC3CCC21.C[Si](C)(C1CC2CCCC3CCCCC3C2C1)C1CC2CCCC3CCCCC3C2C1.[CH3-].[CH3-].[CH3-].[CH3-].[CH3-].[CH3-].[Cl][Zr+2][Cl].[Cl][Zr+2][Cl].[Cl][Zr+2][Cl]. The maximum atomic E-state index is 4.93. The zero-order valence-corrected chi connectivity index (χ0v) is 83.9. The molecule has 30 unspecified atom stereocenters. The summed E-state index contributed by atoms with van der Waals surface area (Å²) >= 11 is -2.48. The van der Waals surface area contributed by atoms with E-state index in [1.807, 2.05) is 0 Å². The molecule has 0 amide bonds. The fraction of sp³-hybridized carbons (Fsp3) is 0.938. The zero-order chi connectivity index (χ0) is 69.3. The summed E-state index contributed by atoms with van der Waals surface area (Å²) in [6.45, 7) is 11.3. The molecule has 0 heterocycles. The van der Waals surface area contributed by atoms with Gasteiger partial charge in [-0.05, 0) is 330 Å². The molecule has 0 N–H and O–H groups in total. The second-order valence-electron chi connectivity index (χ2n) is 41.5. The van der Waals surface area contributed by atoms with Crippen molar-refractivity contribution >= 4 is 59.2 Å². The summed E-state index contributed by atoms with van der Waals surface area (Å²) in [5.74, 6) is 31.6. The first-order chi connectivity index (χ1) is 48.9. The number of hydrogen-bond donors (Lipinski definition) is 0. The number of rotatable bonds is 7. The molecule has 18 fully saturated rings. The minimum absolute atomic E-state index is 0. The molecule has 0 aliphatic heterocycles. The van der Waals surface area contributed by atoms with Crippen LogP contribution in [0.25, 0.3) is 0 Å². The average molecular weight is 1840 g/mol. The molecule has 612 valence electrons. The molecule has 10 heteroatoms. The minimum atomic E-state index is -1.16. The monoisotopic (exact) mass is 1830 g/mol. The molecule has 18 saturated carbocycles. The number of hydrogen-bond acceptors (Lipinski definition) is 0. The van der Waals surface area contributed by atoms with E-state index in [2.05, 4.69) is 26.9 Å². The Morgan fingerprint density at radius 1 is 0.245 bits per heavy atom. The molecule has 18 aliphatic rings. The van der Waals surface area contributed by atoms with E-state index in [1.54, 1.807) is 353 Å². The van der Waals surface area contributed by atoms with Gasteiger partial charge in [-0.3, -0.25) is 0 Å². The van der Waals surface area contributed by atoms with Gasteiger partial charge in [-0.2, -0.15) is 0 Å². The third-order valence-electron chi connectivity index (χ3n) is 37.8. The molecule has 18 rings (SSSR count). The van der Waals surface area contributed by atoms with Gasteiger partial charge in [0.05, 0.1) is 8.07 Å². The van der Waals surface area contributed by atoms with Crippen LogP contribution in [-0.2, 0) is 62.5 Å². The van der Waals surface area contributed by atoms with Crippen molar-refractivity contribution in [3.8, 4) is 0 Å². The van der Waals surface area contributed by atoms with E-state index in [0.29, 0.717) is 5.41 Å². The van der Waals surface area contributed by atoms with Gasteiger partial charge < -0.3 is 44.6 Å². The van der Waals surface area contributed by atoms with Gasteiger partial charge in [0.2, 0.25) is 0 Å². The van der Waals surface area contributed by atoms with Crippen LogP contribution in [0.4, 0.5) is 0 Å². The Bertz CT molecular complexity index is 2340. The summed E-state index contributed by atoms with van der Waals surface area (Å²) in [5, 5.41) is 0. The molecule has 0 aromatic carbocycles. The first-order valence-corrected chi connectivity index (χ1v) is 67.9. The molecule has 106 heavy (non-hydrogen) atoms. The van der Waals surface area contributed by atoms with Crippen molar-refractivity contribution in [1.82, 2.24) is 0 Å². The van der Waals surface area contributed by atoms with Crippen LogP contribution < -0.4 is 0 Å². The maximum absolute atomic E-state index is 4.93. The van der Waals surface area contributed by atoms with E-state index in [1.165, 1.54) is 11.1 Å². The Morgan fingerprint density at radius 2 is 0.528 bits per heavy atom. The van der Waals surface area contributed by atoms with Crippen LogP contribution in [0.2, 0.25) is 24.2 Å². The van der Waals surface area contributed by atoms with E-state index < -0.39 is 70.6 Å². The summed E-state index contributed by atoms with van der Waals surface area (Å²) in [5.41, 5.74) is 2.97. The second-order valence-corrected chi connectivity index (χ2v) is 58.0. The number of fused-ring (bicyclic) bond motifs is 18. The Hall–Kier alpha value is 4.61. The van der Waals surface area contributed by atoms with E-state index in [0.717, 1.165) is 166 Å². The summed E-state index contributed by atoms with van der Waals surface area (Å²) in [7, 11) is 28.4. The van der Waals surface area contributed by atoms with Crippen molar-refractivity contribution in [2.75, 3.05) is 0 Å². The molecular formula is C96H170Cl6SiZr3. The molecule has 0 saturated heterocycles. The molecule has 30 atom stereocenters. The predicted molar refractivity (Wildman–Crippen MR) is 464 cm³/mol. The van der Waals surface area contributed by atoms with E-state index in [-0.39, 0.29) is 44.6 Å². The van der Waals surface area contributed by atoms with Crippen LogP contribution in [0.15, 0.2) is 0 Å². The topological polar surface area (TPSA) is 0 Å². The van der Waals surface area contributed by atoms with Gasteiger partial charge in [0, 0.05) is 0 Å². The Morgan fingerprint density at radius 3 is 0.981 bits per heavy atom. The van der Waals surface area contributed by atoms with Crippen molar-refractivity contribution < 1.29 is 62.5 Å². The predicted octanol–water partition coefficient (Wildman–Crippen LogP) is 34.2. The Kier molecular flexibility index (Phi) is 44.0. The molecule has 0 spiro atoms. The molecule has 0 bridgehead atoms. The molecule has 0 aromatic rings. The van der Waals surface area contributed by atoms with Crippen LogP contribution in [0.1, 0.15) is 367 Å². The van der Waals surface area contributed by atoms with E-state index in [9.17, 15) is 0 Å². The van der Waals surface area contributed by atoms with Crippen molar-refractivity contribution in [1.29, 1.82) is 0 Å². The summed E-state index contributed by atoms with van der Waals surface area (Å²) < 4.78 is 0. The van der Waals surface area contributed by atoms with Crippen molar-refractivity contribution in [2.24, 2.45) is 171 Å². The Balaban J connectivity index is 0.000000204. The average Bonchev–Trinajstić information content (AvgIpc) is 1.59. The first-order valence-electron chi connectivity index (χ1n) is 45.8. The van der Waals surface area contributed by atoms with Crippen molar-refractivity contribution in [3.05, 3.63) is 44.6 Å². The van der Waals surface area contributed by atoms with Gasteiger partial charge in [-0.1, -0.05) is 232 Å². The van der Waals surface area contributed by atoms with E-state index in [4.69, 9.17) is 51.1 Å².